The van der Waals surface area contributed by atoms with Gasteiger partial charge >= 0.3 is 0 Å². The molecule has 3 aromatic carbocycles. The molecule has 0 bridgehead atoms. The molecule has 0 aliphatic rings. The van der Waals surface area contributed by atoms with Crippen LogP contribution in [-0.4, -0.2) is 40.8 Å². The summed E-state index contributed by atoms with van der Waals surface area (Å²) < 4.78 is 44.2. The molecule has 0 aliphatic carbocycles. The molecule has 0 saturated heterocycles. The van der Waals surface area contributed by atoms with Gasteiger partial charge in [0.25, 0.3) is 15.9 Å². The van der Waals surface area contributed by atoms with Crippen LogP contribution in [0.2, 0.25) is 0 Å². The fourth-order valence-electron chi connectivity index (χ4n) is 3.05. The quantitative estimate of drug-likeness (QED) is 0.366. The first kappa shape index (κ1) is 25.1. The molecule has 8 nitrogen and oxygen atoms in total. The van der Waals surface area contributed by atoms with Gasteiger partial charge in [0.05, 0.1) is 23.7 Å². The van der Waals surface area contributed by atoms with Gasteiger partial charge in [-0.2, -0.15) is 0 Å². The number of carbonyl (C=O) groups is 1. The molecule has 0 fully saturated rings. The molecule has 0 aromatic heterocycles. The van der Waals surface area contributed by atoms with E-state index in [0.29, 0.717) is 54.9 Å². The van der Waals surface area contributed by atoms with E-state index in [1.807, 2.05) is 13.8 Å². The summed E-state index contributed by atoms with van der Waals surface area (Å²) in [6.07, 6.45) is 0. The smallest absolute Gasteiger partial charge is 0.261 e. The number of ether oxygens (including phenoxy) is 3. The van der Waals surface area contributed by atoms with Crippen LogP contribution in [0.5, 0.6) is 11.5 Å². The summed E-state index contributed by atoms with van der Waals surface area (Å²) in [7, 11) is -3.79. The van der Waals surface area contributed by atoms with E-state index in [1.165, 1.54) is 24.3 Å². The zero-order valence-corrected chi connectivity index (χ0v) is 19.9. The van der Waals surface area contributed by atoms with Gasteiger partial charge in [-0.25, -0.2) is 8.42 Å². The molecule has 1 amide bonds. The summed E-state index contributed by atoms with van der Waals surface area (Å²) in [5.41, 5.74) is 1.24. The van der Waals surface area contributed by atoms with Crippen LogP contribution in [0.25, 0.3) is 0 Å². The van der Waals surface area contributed by atoms with E-state index in [0.717, 1.165) is 0 Å². The second-order valence-electron chi connectivity index (χ2n) is 7.08. The van der Waals surface area contributed by atoms with E-state index < -0.39 is 10.0 Å². The number of benzene rings is 3. The Morgan fingerprint density at radius 1 is 0.794 bits per heavy atom. The van der Waals surface area contributed by atoms with E-state index in [9.17, 15) is 13.2 Å². The van der Waals surface area contributed by atoms with Crippen molar-refractivity contribution in [1.29, 1.82) is 0 Å². The number of rotatable bonds is 12. The minimum Gasteiger partial charge on any atom is -0.494 e. The van der Waals surface area contributed by atoms with Crippen LogP contribution in [0.3, 0.4) is 0 Å². The third kappa shape index (κ3) is 6.97. The number of hydrogen-bond acceptors (Lipinski definition) is 6. The Morgan fingerprint density at radius 3 is 2.15 bits per heavy atom. The molecule has 2 N–H and O–H groups in total. The molecular weight excluding hydrogens is 456 g/mol. The maximum atomic E-state index is 12.8. The summed E-state index contributed by atoms with van der Waals surface area (Å²) in [6, 6.07) is 19.5. The highest BCUT2D eigenvalue weighted by atomic mass is 32.2. The van der Waals surface area contributed by atoms with Crippen molar-refractivity contribution in [2.75, 3.05) is 36.5 Å². The molecule has 0 radical (unpaired) electrons. The monoisotopic (exact) mass is 484 g/mol. The van der Waals surface area contributed by atoms with Gasteiger partial charge in [0.1, 0.15) is 18.1 Å². The highest BCUT2D eigenvalue weighted by Crippen LogP contribution is 2.23. The van der Waals surface area contributed by atoms with Crippen molar-refractivity contribution in [1.82, 2.24) is 0 Å². The lowest BCUT2D eigenvalue weighted by Crippen LogP contribution is -2.16. The van der Waals surface area contributed by atoms with Crippen LogP contribution in [0.4, 0.5) is 11.4 Å². The molecule has 0 aliphatic heterocycles. The van der Waals surface area contributed by atoms with Crippen molar-refractivity contribution in [2.45, 2.75) is 18.7 Å². The first-order valence-electron chi connectivity index (χ1n) is 10.9. The van der Waals surface area contributed by atoms with Gasteiger partial charge in [-0.15, -0.1) is 0 Å². The Balaban J connectivity index is 1.65. The maximum absolute atomic E-state index is 12.8. The minimum atomic E-state index is -3.79. The van der Waals surface area contributed by atoms with Crippen LogP contribution >= 0.6 is 0 Å². The normalized spacial score (nSPS) is 11.0. The molecular formula is C25H28N2O6S. The second kappa shape index (κ2) is 12.1. The average molecular weight is 485 g/mol. The Hall–Kier alpha value is -3.56. The highest BCUT2D eigenvalue weighted by molar-refractivity contribution is 7.92. The van der Waals surface area contributed by atoms with Gasteiger partial charge < -0.3 is 19.5 Å². The van der Waals surface area contributed by atoms with Gasteiger partial charge in [-0.1, -0.05) is 12.1 Å². The van der Waals surface area contributed by atoms with E-state index >= 15 is 0 Å². The topological polar surface area (TPSA) is 103 Å². The van der Waals surface area contributed by atoms with E-state index in [-0.39, 0.29) is 10.8 Å². The van der Waals surface area contributed by atoms with Crippen LogP contribution in [0, 0.1) is 0 Å². The fourth-order valence-corrected chi connectivity index (χ4v) is 4.11. The van der Waals surface area contributed by atoms with Crippen LogP contribution in [0.1, 0.15) is 24.2 Å². The van der Waals surface area contributed by atoms with Crippen LogP contribution in [0.15, 0.2) is 77.7 Å². The van der Waals surface area contributed by atoms with Crippen molar-refractivity contribution in [2.24, 2.45) is 0 Å². The third-order valence-corrected chi connectivity index (χ3v) is 6.06. The molecule has 180 valence electrons. The van der Waals surface area contributed by atoms with Gasteiger partial charge in [0.2, 0.25) is 0 Å². The molecule has 0 saturated carbocycles. The third-order valence-electron chi connectivity index (χ3n) is 4.66. The number of anilines is 2. The van der Waals surface area contributed by atoms with E-state index in [1.54, 1.807) is 48.5 Å². The number of nitrogens with one attached hydrogen (secondary N) is 2. The number of amides is 1. The number of carbonyl (C=O) groups excluding carboxylic acids is 1. The Kier molecular flexibility index (Phi) is 8.89. The first-order valence-corrected chi connectivity index (χ1v) is 12.4. The van der Waals surface area contributed by atoms with Gasteiger partial charge in [0, 0.05) is 18.0 Å². The molecule has 0 unspecified atom stereocenters. The van der Waals surface area contributed by atoms with Crippen molar-refractivity contribution in [3.63, 3.8) is 0 Å². The lowest BCUT2D eigenvalue weighted by atomic mass is 10.2. The fraction of sp³-hybridized carbons (Fsp3) is 0.240. The Labute approximate surface area is 199 Å². The van der Waals surface area contributed by atoms with Crippen LogP contribution in [-0.2, 0) is 14.8 Å². The summed E-state index contributed by atoms with van der Waals surface area (Å²) in [5, 5.41) is 2.77. The van der Waals surface area contributed by atoms with Gasteiger partial charge in [-0.3, -0.25) is 9.52 Å². The molecule has 34 heavy (non-hydrogen) atoms. The second-order valence-corrected chi connectivity index (χ2v) is 8.77. The van der Waals surface area contributed by atoms with E-state index in [2.05, 4.69) is 10.0 Å². The lowest BCUT2D eigenvalue weighted by molar-refractivity contribution is 0.0998. The van der Waals surface area contributed by atoms with Crippen molar-refractivity contribution < 1.29 is 27.4 Å². The van der Waals surface area contributed by atoms with Crippen molar-refractivity contribution in [3.05, 3.63) is 78.4 Å². The summed E-state index contributed by atoms with van der Waals surface area (Å²) in [4.78, 5) is 12.8. The molecule has 9 heteroatoms. The Morgan fingerprint density at radius 2 is 1.47 bits per heavy atom. The molecule has 3 aromatic rings. The summed E-state index contributed by atoms with van der Waals surface area (Å²) >= 11 is 0. The van der Waals surface area contributed by atoms with E-state index in [4.69, 9.17) is 14.2 Å². The predicted octanol–water partition coefficient (Wildman–Crippen LogP) is 4.55. The molecule has 3 rings (SSSR count). The first-order chi connectivity index (χ1) is 16.4. The Bertz CT molecular complexity index is 1180. The van der Waals surface area contributed by atoms with Gasteiger partial charge in [-0.05, 0) is 74.5 Å². The van der Waals surface area contributed by atoms with Gasteiger partial charge in [0.15, 0.2) is 0 Å². The molecule has 0 atom stereocenters. The molecule has 0 heterocycles. The SMILES string of the molecule is CCOCCOc1ccccc1C(=O)Nc1ccc(S(=O)(=O)Nc2ccc(OCC)cc2)cc1. The zero-order valence-electron chi connectivity index (χ0n) is 19.1. The van der Waals surface area contributed by atoms with Crippen molar-refractivity contribution in [3.8, 4) is 11.5 Å². The maximum Gasteiger partial charge on any atom is 0.261 e. The summed E-state index contributed by atoms with van der Waals surface area (Å²) in [5.74, 6) is 0.736. The predicted molar refractivity (Wildman–Crippen MR) is 131 cm³/mol. The molecule has 0 spiro atoms. The lowest BCUT2D eigenvalue weighted by Gasteiger charge is -2.12. The number of hydrogen-bond donors (Lipinski definition) is 2. The zero-order chi connectivity index (χ0) is 24.4. The number of para-hydroxylation sites is 1. The largest absolute Gasteiger partial charge is 0.494 e. The summed E-state index contributed by atoms with van der Waals surface area (Å²) in [6.45, 7) is 5.64. The standard InChI is InChI=1S/C25H28N2O6S/c1-3-31-17-18-33-24-8-6-5-7-23(24)25(28)26-19-11-15-22(16-12-19)34(29,30)27-20-9-13-21(14-10-20)32-4-2/h5-16,27H,3-4,17-18H2,1-2H3,(H,26,28). The van der Waals surface area contributed by atoms with Crippen LogP contribution < -0.4 is 19.5 Å². The van der Waals surface area contributed by atoms with Crippen molar-refractivity contribution >= 4 is 27.3 Å². The number of sulfonamides is 1. The highest BCUT2D eigenvalue weighted by Gasteiger charge is 2.16. The average Bonchev–Trinajstić information content (AvgIpc) is 2.84. The minimum absolute atomic E-state index is 0.0686.